The molecule has 1 aliphatic heterocycles. The van der Waals surface area contributed by atoms with Crippen LogP contribution in [0.15, 0.2) is 23.4 Å². The summed E-state index contributed by atoms with van der Waals surface area (Å²) >= 11 is 5.75. The number of ether oxygens (including phenoxy) is 1. The minimum absolute atomic E-state index is 0.179. The Hall–Kier alpha value is -1.93. The van der Waals surface area contributed by atoms with Crippen molar-refractivity contribution in [1.82, 2.24) is 14.8 Å². The number of hydrogen-bond acceptors (Lipinski definition) is 4. The van der Waals surface area contributed by atoms with E-state index in [0.717, 1.165) is 5.56 Å². The number of pyridine rings is 1. The van der Waals surface area contributed by atoms with Crippen molar-refractivity contribution in [2.24, 2.45) is 5.10 Å². The topological polar surface area (TPSA) is 84.1 Å². The molecule has 1 aromatic heterocycles. The first-order chi connectivity index (χ1) is 9.49. The fraction of sp³-hybridized carbons (Fsp3) is 0.455. The molecule has 0 bridgehead atoms. The molecular formula is C11H14ClN5O3. The van der Waals surface area contributed by atoms with Gasteiger partial charge in [-0.3, -0.25) is 0 Å². The molecule has 2 heterocycles. The average molecular weight is 300 g/mol. The highest BCUT2D eigenvalue weighted by Gasteiger charge is 2.29. The van der Waals surface area contributed by atoms with E-state index in [1.54, 1.807) is 29.1 Å². The second-order valence-electron chi connectivity index (χ2n) is 4.36. The number of hydrogen-bond donors (Lipinski definition) is 0. The van der Waals surface area contributed by atoms with Crippen LogP contribution < -0.4 is 0 Å². The van der Waals surface area contributed by atoms with Crippen LogP contribution in [-0.2, 0) is 4.74 Å². The zero-order valence-electron chi connectivity index (χ0n) is 11.1. The van der Waals surface area contributed by atoms with E-state index < -0.39 is 5.03 Å². The van der Waals surface area contributed by atoms with E-state index in [1.807, 2.05) is 13.0 Å². The maximum atomic E-state index is 10.7. The molecule has 1 fully saturated rings. The van der Waals surface area contributed by atoms with E-state index in [4.69, 9.17) is 16.3 Å². The fourth-order valence-corrected chi connectivity index (χ4v) is 2.03. The van der Waals surface area contributed by atoms with Gasteiger partial charge in [0.05, 0.1) is 6.04 Å². The van der Waals surface area contributed by atoms with E-state index >= 15 is 0 Å². The second kappa shape index (κ2) is 6.02. The summed E-state index contributed by atoms with van der Waals surface area (Å²) in [5.74, 6) is 0.253. The average Bonchev–Trinajstić information content (AvgIpc) is 2.41. The zero-order chi connectivity index (χ0) is 14.7. The molecular weight excluding hydrogens is 286 g/mol. The Labute approximate surface area is 120 Å². The molecule has 0 N–H and O–H groups in total. The van der Waals surface area contributed by atoms with Crippen LogP contribution in [-0.4, -0.2) is 46.3 Å². The second-order valence-corrected chi connectivity index (χ2v) is 4.75. The first-order valence-electron chi connectivity index (χ1n) is 5.89. The maximum Gasteiger partial charge on any atom is 0.277 e. The summed E-state index contributed by atoms with van der Waals surface area (Å²) in [7, 11) is 1.68. The van der Waals surface area contributed by atoms with Gasteiger partial charge < -0.3 is 14.5 Å². The van der Waals surface area contributed by atoms with Crippen LogP contribution in [0.4, 0.5) is 0 Å². The first-order valence-corrected chi connectivity index (χ1v) is 6.27. The molecule has 20 heavy (non-hydrogen) atoms. The predicted molar refractivity (Wildman–Crippen MR) is 72.5 cm³/mol. The number of rotatable bonds is 3. The predicted octanol–water partition coefficient (Wildman–Crippen LogP) is 1.52. The minimum atomic E-state index is -0.711. The van der Waals surface area contributed by atoms with Crippen molar-refractivity contribution in [3.63, 3.8) is 0 Å². The smallest absolute Gasteiger partial charge is 0.277 e. The van der Waals surface area contributed by atoms with Gasteiger partial charge in [0.1, 0.15) is 23.7 Å². The molecule has 0 aromatic carbocycles. The number of nitrogens with zero attached hydrogens (tertiary/aromatic N) is 5. The largest absolute Gasteiger partial charge is 0.341 e. The summed E-state index contributed by atoms with van der Waals surface area (Å²) in [6.07, 6.45) is 1.63. The van der Waals surface area contributed by atoms with Gasteiger partial charge in [-0.25, -0.2) is 15.1 Å². The van der Waals surface area contributed by atoms with Crippen LogP contribution in [0, 0.1) is 10.1 Å². The molecule has 108 valence electrons. The van der Waals surface area contributed by atoms with Crippen molar-refractivity contribution in [2.45, 2.75) is 13.0 Å². The van der Waals surface area contributed by atoms with Crippen LogP contribution >= 0.6 is 11.6 Å². The highest BCUT2D eigenvalue weighted by atomic mass is 35.5. The molecule has 9 heteroatoms. The summed E-state index contributed by atoms with van der Waals surface area (Å²) in [5.41, 5.74) is 0.865. The molecule has 2 rings (SSSR count). The van der Waals surface area contributed by atoms with Crippen LogP contribution in [0.5, 0.6) is 0 Å². The van der Waals surface area contributed by atoms with Gasteiger partial charge in [0.15, 0.2) is 5.03 Å². The molecule has 1 atom stereocenters. The molecule has 1 aliphatic rings. The Morgan fingerprint density at radius 2 is 2.30 bits per heavy atom. The Kier molecular flexibility index (Phi) is 4.35. The quantitative estimate of drug-likeness (QED) is 0.478. The third-order valence-corrected chi connectivity index (χ3v) is 3.21. The van der Waals surface area contributed by atoms with E-state index in [-0.39, 0.29) is 25.5 Å². The van der Waals surface area contributed by atoms with Crippen LogP contribution in [0.2, 0.25) is 5.15 Å². The van der Waals surface area contributed by atoms with Crippen molar-refractivity contribution in [3.8, 4) is 0 Å². The molecule has 0 amide bonds. The summed E-state index contributed by atoms with van der Waals surface area (Å²) in [5, 5.41) is 13.8. The maximum absolute atomic E-state index is 10.7. The molecule has 8 nitrogen and oxygen atoms in total. The monoisotopic (exact) mass is 299 g/mol. The van der Waals surface area contributed by atoms with Gasteiger partial charge in [0, 0.05) is 13.2 Å². The van der Waals surface area contributed by atoms with Gasteiger partial charge >= 0.3 is 0 Å². The molecule has 1 aromatic rings. The van der Waals surface area contributed by atoms with Gasteiger partial charge in [0.2, 0.25) is 0 Å². The van der Waals surface area contributed by atoms with E-state index in [2.05, 4.69) is 10.1 Å². The Bertz CT molecular complexity index is 521. The lowest BCUT2D eigenvalue weighted by Crippen LogP contribution is -2.50. The lowest BCUT2D eigenvalue weighted by atomic mass is 10.1. The number of aromatic nitrogens is 1. The van der Waals surface area contributed by atoms with Crippen molar-refractivity contribution in [1.29, 1.82) is 0 Å². The van der Waals surface area contributed by atoms with Gasteiger partial charge in [-0.1, -0.05) is 17.7 Å². The van der Waals surface area contributed by atoms with Crippen LogP contribution in [0.25, 0.3) is 0 Å². The number of halogens is 1. The number of nitro groups is 1. The standard InChI is InChI=1S/C11H14ClN5O3/c1-8(9-3-4-10(12)13-5-9)16-7-20-6-15(2)11(16)14-17(18)19/h3-5,8H,6-7H2,1-2H3. The Morgan fingerprint density at radius 3 is 2.90 bits per heavy atom. The zero-order valence-corrected chi connectivity index (χ0v) is 11.8. The van der Waals surface area contributed by atoms with Crippen molar-refractivity contribution in [2.75, 3.05) is 20.5 Å². The van der Waals surface area contributed by atoms with Gasteiger partial charge in [0.25, 0.3) is 5.96 Å². The number of guanidine groups is 1. The van der Waals surface area contributed by atoms with E-state index in [0.29, 0.717) is 5.15 Å². The summed E-state index contributed by atoms with van der Waals surface area (Å²) in [6, 6.07) is 3.31. The molecule has 1 unspecified atom stereocenters. The molecule has 1 saturated heterocycles. The van der Waals surface area contributed by atoms with Gasteiger partial charge in [-0.15, -0.1) is 0 Å². The lowest BCUT2D eigenvalue weighted by molar-refractivity contribution is -0.486. The summed E-state index contributed by atoms with van der Waals surface area (Å²) in [4.78, 5) is 17.9. The van der Waals surface area contributed by atoms with Gasteiger partial charge in [-0.2, -0.15) is 0 Å². The summed E-state index contributed by atoms with van der Waals surface area (Å²) in [6.45, 7) is 2.37. The first kappa shape index (κ1) is 14.5. The third-order valence-electron chi connectivity index (χ3n) is 2.98. The van der Waals surface area contributed by atoms with Crippen molar-refractivity contribution in [3.05, 3.63) is 39.2 Å². The normalized spacial score (nSPS) is 19.2. The lowest BCUT2D eigenvalue weighted by Gasteiger charge is -2.38. The third kappa shape index (κ3) is 3.14. The van der Waals surface area contributed by atoms with Crippen LogP contribution in [0.3, 0.4) is 0 Å². The van der Waals surface area contributed by atoms with E-state index in [9.17, 15) is 10.1 Å². The van der Waals surface area contributed by atoms with Gasteiger partial charge in [-0.05, 0) is 18.6 Å². The molecule has 0 saturated carbocycles. The van der Waals surface area contributed by atoms with Crippen LogP contribution in [0.1, 0.15) is 18.5 Å². The van der Waals surface area contributed by atoms with Crippen molar-refractivity contribution >= 4 is 17.6 Å². The van der Waals surface area contributed by atoms with Crippen molar-refractivity contribution < 1.29 is 9.77 Å². The highest BCUT2D eigenvalue weighted by Crippen LogP contribution is 2.23. The highest BCUT2D eigenvalue weighted by molar-refractivity contribution is 6.29. The molecule has 0 spiro atoms. The SMILES string of the molecule is CC(c1ccc(Cl)nc1)N1COCN(C)C1=N[N+](=O)[O-]. The molecule has 0 aliphatic carbocycles. The fourth-order valence-electron chi connectivity index (χ4n) is 1.92. The molecule has 0 radical (unpaired) electrons. The minimum Gasteiger partial charge on any atom is -0.341 e. The Morgan fingerprint density at radius 1 is 1.55 bits per heavy atom. The summed E-state index contributed by atoms with van der Waals surface area (Å²) < 4.78 is 5.37. The van der Waals surface area contributed by atoms with E-state index in [1.165, 1.54) is 0 Å². The number of hydrazone groups is 1. The Balaban J connectivity index is 2.28.